The minimum Gasteiger partial charge on any atom is -0.272 e. The summed E-state index contributed by atoms with van der Waals surface area (Å²) in [5, 5.41) is 13.2. The van der Waals surface area contributed by atoms with Crippen molar-refractivity contribution in [2.75, 3.05) is 4.90 Å². The van der Waals surface area contributed by atoms with Crippen LogP contribution in [0.2, 0.25) is 0 Å². The summed E-state index contributed by atoms with van der Waals surface area (Å²) in [4.78, 5) is 26.2. The average Bonchev–Trinajstić information content (AvgIpc) is 2.93. The monoisotopic (exact) mass is 280 g/mol. The number of rotatable bonds is 1. The van der Waals surface area contributed by atoms with Crippen molar-refractivity contribution in [1.82, 2.24) is 9.78 Å². The average molecular weight is 280 g/mol. The van der Waals surface area contributed by atoms with E-state index in [2.05, 4.69) is 5.10 Å². The second kappa shape index (κ2) is 4.28. The molecule has 0 bridgehead atoms. The van der Waals surface area contributed by atoms with E-state index in [1.54, 1.807) is 20.9 Å². The summed E-state index contributed by atoms with van der Waals surface area (Å²) < 4.78 is 1.41. The fourth-order valence-corrected chi connectivity index (χ4v) is 2.59. The number of carbonyl (C=O) groups is 2. The van der Waals surface area contributed by atoms with Crippen LogP contribution in [0, 0.1) is 25.2 Å². The third-order valence-corrected chi connectivity index (χ3v) is 3.60. The summed E-state index contributed by atoms with van der Waals surface area (Å²) in [6.45, 7) is 3.58. The van der Waals surface area contributed by atoms with Gasteiger partial charge in [-0.15, -0.1) is 0 Å². The lowest BCUT2D eigenvalue weighted by atomic mass is 9.99. The molecule has 1 aromatic heterocycles. The van der Waals surface area contributed by atoms with Crippen molar-refractivity contribution in [1.29, 1.82) is 5.26 Å². The molecular weight excluding hydrogens is 268 g/mol. The molecule has 0 N–H and O–H groups in total. The summed E-state index contributed by atoms with van der Waals surface area (Å²) in [5.74, 6) is -0.761. The van der Waals surface area contributed by atoms with Crippen LogP contribution in [0.1, 0.15) is 37.4 Å². The zero-order chi connectivity index (χ0) is 15.3. The van der Waals surface area contributed by atoms with Gasteiger partial charge in [-0.2, -0.15) is 10.4 Å². The maximum Gasteiger partial charge on any atom is 0.267 e. The first-order valence-electron chi connectivity index (χ1n) is 6.38. The minimum absolute atomic E-state index is 0.0880. The highest BCUT2D eigenvalue weighted by Crippen LogP contribution is 2.32. The Bertz CT molecular complexity index is 801. The number of hydrogen-bond donors (Lipinski definition) is 0. The van der Waals surface area contributed by atoms with Crippen LogP contribution in [0.3, 0.4) is 0 Å². The summed E-state index contributed by atoms with van der Waals surface area (Å²) in [7, 11) is 1.64. The van der Waals surface area contributed by atoms with Crippen LogP contribution in [0.4, 0.5) is 5.82 Å². The van der Waals surface area contributed by atoms with Crippen molar-refractivity contribution in [3.8, 4) is 6.07 Å². The van der Waals surface area contributed by atoms with Gasteiger partial charge in [0, 0.05) is 13.2 Å². The molecule has 104 valence electrons. The number of imide groups is 1. The molecule has 1 aromatic carbocycles. The van der Waals surface area contributed by atoms with Crippen LogP contribution < -0.4 is 4.90 Å². The molecule has 6 nitrogen and oxygen atoms in total. The topological polar surface area (TPSA) is 79.0 Å². The van der Waals surface area contributed by atoms with Gasteiger partial charge in [-0.05, 0) is 25.0 Å². The predicted octanol–water partition coefficient (Wildman–Crippen LogP) is 1.71. The number of aromatic nitrogens is 2. The second-order valence-corrected chi connectivity index (χ2v) is 5.05. The Morgan fingerprint density at radius 1 is 1.10 bits per heavy atom. The molecule has 0 fully saturated rings. The Kier molecular flexibility index (Phi) is 2.66. The number of fused-ring (bicyclic) bond motifs is 1. The maximum atomic E-state index is 12.6. The number of amides is 2. The van der Waals surface area contributed by atoms with E-state index in [1.807, 2.05) is 18.2 Å². The molecule has 0 radical (unpaired) electrons. The highest BCUT2D eigenvalue weighted by Gasteiger charge is 2.41. The summed E-state index contributed by atoms with van der Waals surface area (Å²) in [5.41, 5.74) is 2.48. The van der Waals surface area contributed by atoms with Crippen molar-refractivity contribution in [3.63, 3.8) is 0 Å². The van der Waals surface area contributed by atoms with Gasteiger partial charge in [0.15, 0.2) is 5.82 Å². The van der Waals surface area contributed by atoms with Crippen LogP contribution in [-0.2, 0) is 7.05 Å². The molecule has 21 heavy (non-hydrogen) atoms. The van der Waals surface area contributed by atoms with Crippen molar-refractivity contribution < 1.29 is 9.59 Å². The molecule has 2 aromatic rings. The van der Waals surface area contributed by atoms with E-state index in [1.165, 1.54) is 10.9 Å². The summed E-state index contributed by atoms with van der Waals surface area (Å²) >= 11 is 0. The molecule has 0 spiro atoms. The van der Waals surface area contributed by atoms with Gasteiger partial charge in [-0.25, -0.2) is 4.90 Å². The predicted molar refractivity (Wildman–Crippen MR) is 75.0 cm³/mol. The molecule has 1 aliphatic rings. The van der Waals surface area contributed by atoms with Gasteiger partial charge in [0.2, 0.25) is 0 Å². The molecule has 2 heterocycles. The van der Waals surface area contributed by atoms with Gasteiger partial charge in [-0.3, -0.25) is 14.3 Å². The number of hydrogen-bond acceptors (Lipinski definition) is 4. The first kappa shape index (κ1) is 13.1. The normalized spacial score (nSPS) is 13.5. The number of anilines is 1. The molecule has 3 rings (SSSR count). The molecule has 1 aliphatic heterocycles. The van der Waals surface area contributed by atoms with Crippen molar-refractivity contribution >= 4 is 17.6 Å². The van der Waals surface area contributed by atoms with Crippen molar-refractivity contribution in [3.05, 3.63) is 46.1 Å². The van der Waals surface area contributed by atoms with Gasteiger partial charge in [0.25, 0.3) is 11.8 Å². The summed E-state index contributed by atoms with van der Waals surface area (Å²) in [6.07, 6.45) is 1.48. The van der Waals surface area contributed by atoms with E-state index in [0.717, 1.165) is 16.0 Å². The number of aryl methyl sites for hydroxylation is 3. The van der Waals surface area contributed by atoms with Crippen LogP contribution in [0.25, 0.3) is 0 Å². The lowest BCUT2D eigenvalue weighted by Crippen LogP contribution is -2.30. The van der Waals surface area contributed by atoms with Gasteiger partial charge in [0.05, 0.1) is 11.1 Å². The standard InChI is InChI=1S/C15H12N4O2/c1-8-4-5-9(2)12-11(8)14(20)19(15(12)21)13-10(6-16)7-18(3)17-13/h4-5,7H,1-3H3. The van der Waals surface area contributed by atoms with Crippen molar-refractivity contribution in [2.45, 2.75) is 13.8 Å². The largest absolute Gasteiger partial charge is 0.272 e. The van der Waals surface area contributed by atoms with Crippen LogP contribution in [0.15, 0.2) is 18.3 Å². The molecule has 0 unspecified atom stereocenters. The van der Waals surface area contributed by atoms with Crippen LogP contribution in [-0.4, -0.2) is 21.6 Å². The second-order valence-electron chi connectivity index (χ2n) is 5.05. The quantitative estimate of drug-likeness (QED) is 0.745. The first-order chi connectivity index (χ1) is 9.95. The molecule has 0 aliphatic carbocycles. The lowest BCUT2D eigenvalue weighted by molar-refractivity contribution is 0.0924. The number of carbonyl (C=O) groups excluding carboxylic acids is 2. The maximum absolute atomic E-state index is 12.6. The number of nitriles is 1. The minimum atomic E-state index is -0.425. The highest BCUT2D eigenvalue weighted by molar-refractivity contribution is 6.35. The van der Waals surface area contributed by atoms with E-state index < -0.39 is 11.8 Å². The Morgan fingerprint density at radius 2 is 1.62 bits per heavy atom. The number of nitrogens with zero attached hydrogens (tertiary/aromatic N) is 4. The molecule has 0 atom stereocenters. The van der Waals surface area contributed by atoms with Crippen molar-refractivity contribution in [2.24, 2.45) is 7.05 Å². The van der Waals surface area contributed by atoms with E-state index in [0.29, 0.717) is 11.1 Å². The fourth-order valence-electron chi connectivity index (χ4n) is 2.59. The van der Waals surface area contributed by atoms with Gasteiger partial charge in [0.1, 0.15) is 11.6 Å². The third kappa shape index (κ3) is 1.68. The zero-order valence-corrected chi connectivity index (χ0v) is 11.8. The Hall–Kier alpha value is -2.94. The highest BCUT2D eigenvalue weighted by atomic mass is 16.2. The van der Waals surface area contributed by atoms with E-state index in [4.69, 9.17) is 5.26 Å². The molecule has 6 heteroatoms. The van der Waals surface area contributed by atoms with Crippen LogP contribution in [0.5, 0.6) is 0 Å². The number of benzene rings is 1. The SMILES string of the molecule is Cc1ccc(C)c2c1C(=O)N(c1nn(C)cc1C#N)C2=O. The molecule has 2 amide bonds. The van der Waals surface area contributed by atoms with E-state index in [9.17, 15) is 9.59 Å². The van der Waals surface area contributed by atoms with E-state index in [-0.39, 0.29) is 11.4 Å². The molecule has 0 saturated heterocycles. The lowest BCUT2D eigenvalue weighted by Gasteiger charge is -2.10. The smallest absolute Gasteiger partial charge is 0.267 e. The Balaban J connectivity index is 2.23. The third-order valence-electron chi connectivity index (χ3n) is 3.60. The molecule has 0 saturated carbocycles. The first-order valence-corrected chi connectivity index (χ1v) is 6.38. The fraction of sp³-hybridized carbons (Fsp3) is 0.200. The molecular formula is C15H12N4O2. The van der Waals surface area contributed by atoms with E-state index >= 15 is 0 Å². The van der Waals surface area contributed by atoms with Gasteiger partial charge < -0.3 is 0 Å². The Labute approximate surface area is 121 Å². The van der Waals surface area contributed by atoms with Gasteiger partial charge >= 0.3 is 0 Å². The van der Waals surface area contributed by atoms with Crippen LogP contribution >= 0.6 is 0 Å². The Morgan fingerprint density at radius 3 is 2.10 bits per heavy atom. The zero-order valence-electron chi connectivity index (χ0n) is 11.8. The summed E-state index contributed by atoms with van der Waals surface area (Å²) in [6, 6.07) is 5.58. The van der Waals surface area contributed by atoms with Gasteiger partial charge in [-0.1, -0.05) is 12.1 Å².